The molecule has 3 saturated heterocycles. The van der Waals surface area contributed by atoms with E-state index in [0.717, 1.165) is 51.0 Å². The van der Waals surface area contributed by atoms with Crippen molar-refractivity contribution in [2.75, 3.05) is 78.0 Å². The van der Waals surface area contributed by atoms with Crippen LogP contribution < -0.4 is 15.0 Å². The lowest BCUT2D eigenvalue weighted by molar-refractivity contribution is -0.115. The number of nitrogens with one attached hydrogen (secondary N) is 1. The Kier molecular flexibility index (Phi) is 8.41. The zero-order valence-corrected chi connectivity index (χ0v) is 21.1. The molecule has 0 bridgehead atoms. The van der Waals surface area contributed by atoms with Gasteiger partial charge < -0.3 is 19.4 Å². The van der Waals surface area contributed by atoms with Gasteiger partial charge in [0.15, 0.2) is 0 Å². The number of likely N-dealkylation sites (N-methyl/N-ethyl adjacent to an activating group) is 1. The number of ether oxygens (including phenoxy) is 1. The molecule has 3 aliphatic rings. The smallest absolute Gasteiger partial charge is 0.290 e. The Morgan fingerprint density at radius 1 is 1.15 bits per heavy atom. The van der Waals surface area contributed by atoms with Crippen LogP contribution >= 0.6 is 11.8 Å². The van der Waals surface area contributed by atoms with Crippen molar-refractivity contribution < 1.29 is 14.3 Å². The first-order valence-electron chi connectivity index (χ1n) is 12.0. The second kappa shape index (κ2) is 11.5. The van der Waals surface area contributed by atoms with Gasteiger partial charge in [-0.25, -0.2) is 4.98 Å². The minimum Gasteiger partial charge on any atom is -0.476 e. The van der Waals surface area contributed by atoms with Gasteiger partial charge >= 0.3 is 0 Å². The van der Waals surface area contributed by atoms with Crippen LogP contribution in [0.3, 0.4) is 0 Å². The van der Waals surface area contributed by atoms with Gasteiger partial charge in [0, 0.05) is 44.8 Å². The van der Waals surface area contributed by atoms with E-state index in [9.17, 15) is 9.59 Å². The van der Waals surface area contributed by atoms with Gasteiger partial charge in [0.1, 0.15) is 6.61 Å². The summed E-state index contributed by atoms with van der Waals surface area (Å²) in [6.45, 7) is 10.7. The number of aromatic nitrogens is 2. The van der Waals surface area contributed by atoms with Crippen LogP contribution in [-0.2, 0) is 4.79 Å². The van der Waals surface area contributed by atoms with Crippen molar-refractivity contribution in [1.82, 2.24) is 30.0 Å². The number of thioether (sulfide) groups is 1. The van der Waals surface area contributed by atoms with Crippen LogP contribution in [0.1, 0.15) is 25.5 Å². The second-order valence-electron chi connectivity index (χ2n) is 9.12. The number of carbonyl (C=O) groups is 2. The van der Waals surface area contributed by atoms with Crippen molar-refractivity contribution in [3.63, 3.8) is 0 Å². The Morgan fingerprint density at radius 3 is 2.50 bits per heavy atom. The van der Waals surface area contributed by atoms with Gasteiger partial charge in [-0.05, 0) is 64.4 Å². The number of carbonyl (C=O) groups excluding carboxylic acids is 2. The summed E-state index contributed by atoms with van der Waals surface area (Å²) in [5.41, 5.74) is 0.562. The second-order valence-corrected chi connectivity index (χ2v) is 10.1. The van der Waals surface area contributed by atoms with E-state index in [2.05, 4.69) is 31.9 Å². The predicted octanol–water partition coefficient (Wildman–Crippen LogP) is 1.35. The third kappa shape index (κ3) is 6.47. The third-order valence-corrected chi connectivity index (χ3v) is 7.35. The minimum absolute atomic E-state index is 0.331. The Morgan fingerprint density at radius 2 is 1.88 bits per heavy atom. The van der Waals surface area contributed by atoms with Gasteiger partial charge in [-0.2, -0.15) is 4.98 Å². The average Bonchev–Trinajstić information content (AvgIpc) is 3.15. The van der Waals surface area contributed by atoms with Gasteiger partial charge in [0.25, 0.3) is 11.1 Å². The van der Waals surface area contributed by atoms with Crippen molar-refractivity contribution in [3.05, 3.63) is 16.7 Å². The van der Waals surface area contributed by atoms with Crippen LogP contribution in [0.25, 0.3) is 6.08 Å². The number of rotatable bonds is 8. The number of nitrogens with zero attached hydrogens (tertiary/aromatic N) is 6. The number of piperidine rings is 1. The predicted molar refractivity (Wildman–Crippen MR) is 134 cm³/mol. The number of anilines is 1. The highest BCUT2D eigenvalue weighted by Crippen LogP contribution is 2.27. The van der Waals surface area contributed by atoms with Crippen LogP contribution in [0.5, 0.6) is 5.88 Å². The first-order valence-corrected chi connectivity index (χ1v) is 12.9. The standard InChI is InChI=1S/C23H35N7O3S/c1-4-28-7-5-18(6-8-28)29-9-11-30(12-10-29)22-24-17(15-19-21(31)26-23(32)34-19)16-20(25-22)33-14-13-27(2)3/h15-16,18H,4-14H2,1-3H3,(H,26,31,32)/b19-15+. The molecule has 186 valence electrons. The quantitative estimate of drug-likeness (QED) is 0.539. The highest BCUT2D eigenvalue weighted by atomic mass is 32.2. The van der Waals surface area contributed by atoms with Crippen LogP contribution in [0.2, 0.25) is 0 Å². The number of piperazine rings is 1. The molecule has 10 nitrogen and oxygen atoms in total. The molecule has 1 aromatic heterocycles. The lowest BCUT2D eigenvalue weighted by Crippen LogP contribution is -2.53. The van der Waals surface area contributed by atoms with Crippen LogP contribution in [0.4, 0.5) is 10.7 Å². The fourth-order valence-corrected chi connectivity index (χ4v) is 5.16. The Bertz CT molecular complexity index is 910. The SMILES string of the molecule is CCN1CCC(N2CCN(c3nc(/C=C4/SC(=O)NC4=O)cc(OCCN(C)C)n3)CC2)CC1. The van der Waals surface area contributed by atoms with E-state index in [1.165, 1.54) is 25.9 Å². The number of amides is 2. The maximum Gasteiger partial charge on any atom is 0.290 e. The van der Waals surface area contributed by atoms with Crippen molar-refractivity contribution in [2.24, 2.45) is 0 Å². The normalized spacial score (nSPS) is 22.1. The summed E-state index contributed by atoms with van der Waals surface area (Å²) < 4.78 is 5.90. The number of hydrogen-bond acceptors (Lipinski definition) is 10. The molecule has 3 fully saturated rings. The summed E-state index contributed by atoms with van der Waals surface area (Å²) in [6, 6.07) is 2.38. The molecule has 1 N–H and O–H groups in total. The fraction of sp³-hybridized carbons (Fsp3) is 0.652. The fourth-order valence-electron chi connectivity index (χ4n) is 4.50. The zero-order chi connectivity index (χ0) is 24.1. The van der Waals surface area contributed by atoms with Crippen molar-refractivity contribution in [3.8, 4) is 5.88 Å². The number of likely N-dealkylation sites (tertiary alicyclic amines) is 1. The van der Waals surface area contributed by atoms with Gasteiger partial charge in [-0.15, -0.1) is 0 Å². The average molecular weight is 490 g/mol. The molecule has 1 aromatic rings. The summed E-state index contributed by atoms with van der Waals surface area (Å²) in [5, 5.41) is 1.92. The molecular formula is C23H35N7O3S. The molecule has 0 saturated carbocycles. The van der Waals surface area contributed by atoms with Gasteiger partial charge in [0.05, 0.1) is 10.6 Å². The van der Waals surface area contributed by atoms with Gasteiger partial charge in [-0.3, -0.25) is 19.8 Å². The summed E-state index contributed by atoms with van der Waals surface area (Å²) >= 11 is 0.885. The Labute approximate surface area is 205 Å². The van der Waals surface area contributed by atoms with Gasteiger partial charge in [0.2, 0.25) is 11.8 Å². The van der Waals surface area contributed by atoms with Crippen LogP contribution in [0, 0.1) is 0 Å². The molecule has 11 heteroatoms. The Hall–Kier alpha value is -2.21. The third-order valence-electron chi connectivity index (χ3n) is 6.54. The Balaban J connectivity index is 1.45. The van der Waals surface area contributed by atoms with Crippen molar-refractivity contribution in [1.29, 1.82) is 0 Å². The summed E-state index contributed by atoms with van der Waals surface area (Å²) in [6.07, 6.45) is 4.10. The van der Waals surface area contributed by atoms with E-state index >= 15 is 0 Å². The van der Waals surface area contributed by atoms with E-state index in [0.29, 0.717) is 35.1 Å². The lowest BCUT2D eigenvalue weighted by atomic mass is 10.0. The van der Waals surface area contributed by atoms with Crippen molar-refractivity contribution in [2.45, 2.75) is 25.8 Å². The maximum atomic E-state index is 12.0. The monoisotopic (exact) mass is 489 g/mol. The molecule has 0 radical (unpaired) electrons. The summed E-state index contributed by atoms with van der Waals surface area (Å²) in [4.78, 5) is 42.6. The van der Waals surface area contributed by atoms with Gasteiger partial charge in [-0.1, -0.05) is 6.92 Å². The largest absolute Gasteiger partial charge is 0.476 e. The molecule has 0 atom stereocenters. The molecular weight excluding hydrogens is 454 g/mol. The number of hydrogen-bond donors (Lipinski definition) is 1. The molecule has 0 aromatic carbocycles. The van der Waals surface area contributed by atoms with Crippen molar-refractivity contribution >= 4 is 34.9 Å². The topological polar surface area (TPSA) is 94.1 Å². The first-order chi connectivity index (χ1) is 16.4. The molecule has 4 rings (SSSR count). The highest BCUT2D eigenvalue weighted by molar-refractivity contribution is 8.18. The minimum atomic E-state index is -0.395. The van der Waals surface area contributed by atoms with E-state index in [4.69, 9.17) is 9.72 Å². The molecule has 0 aliphatic carbocycles. The molecule has 0 spiro atoms. The molecule has 34 heavy (non-hydrogen) atoms. The zero-order valence-electron chi connectivity index (χ0n) is 20.3. The van der Waals surface area contributed by atoms with E-state index < -0.39 is 5.91 Å². The molecule has 3 aliphatic heterocycles. The molecule has 0 unspecified atom stereocenters. The van der Waals surface area contributed by atoms with Crippen LogP contribution in [-0.4, -0.2) is 115 Å². The van der Waals surface area contributed by atoms with Crippen LogP contribution in [0.15, 0.2) is 11.0 Å². The lowest BCUT2D eigenvalue weighted by Gasteiger charge is -2.42. The number of imide groups is 1. The summed E-state index contributed by atoms with van der Waals surface area (Å²) in [5.74, 6) is 0.681. The van der Waals surface area contributed by atoms with E-state index in [1.54, 1.807) is 12.1 Å². The van der Waals surface area contributed by atoms with E-state index in [1.807, 2.05) is 19.0 Å². The first kappa shape index (κ1) is 24.9. The highest BCUT2D eigenvalue weighted by Gasteiger charge is 2.29. The summed E-state index contributed by atoms with van der Waals surface area (Å²) in [7, 11) is 3.98. The molecule has 2 amide bonds. The molecule has 4 heterocycles. The van der Waals surface area contributed by atoms with E-state index in [-0.39, 0.29) is 5.24 Å². The maximum absolute atomic E-state index is 12.0.